The van der Waals surface area contributed by atoms with Gasteiger partial charge >= 0.3 is 5.97 Å². The first-order valence-corrected chi connectivity index (χ1v) is 8.16. The minimum atomic E-state index is -1.40. The number of hydrogen-bond acceptors (Lipinski definition) is 5. The molecular weight excluding hydrogens is 369 g/mol. The first-order valence-electron chi connectivity index (χ1n) is 6.96. The third-order valence-electron chi connectivity index (χ3n) is 3.60. The predicted octanol–water partition coefficient (Wildman–Crippen LogP) is 3.06. The summed E-state index contributed by atoms with van der Waals surface area (Å²) in [7, 11) is 0. The van der Waals surface area contributed by atoms with Gasteiger partial charge in [-0.05, 0) is 12.1 Å². The molecule has 3 aromatic rings. The van der Waals surface area contributed by atoms with Gasteiger partial charge in [0.1, 0.15) is 11.4 Å². The van der Waals surface area contributed by atoms with Crippen LogP contribution in [0, 0.1) is 17.1 Å². The van der Waals surface area contributed by atoms with E-state index >= 15 is 0 Å². The third-order valence-corrected chi connectivity index (χ3v) is 4.70. The highest BCUT2D eigenvalue weighted by Gasteiger charge is 2.17. The van der Waals surface area contributed by atoms with Crippen molar-refractivity contribution in [1.29, 1.82) is 5.26 Å². The summed E-state index contributed by atoms with van der Waals surface area (Å²) in [6, 6.07) is 4.23. The van der Waals surface area contributed by atoms with Crippen molar-refractivity contribution in [3.8, 4) is 6.07 Å². The molecule has 25 heavy (non-hydrogen) atoms. The molecule has 1 N–H and O–H groups in total. The highest BCUT2D eigenvalue weighted by atomic mass is 35.5. The molecular formula is C16H9ClFN3O3S. The fourth-order valence-electron chi connectivity index (χ4n) is 2.48. The molecule has 1 aromatic carbocycles. The van der Waals surface area contributed by atoms with E-state index in [9.17, 15) is 19.1 Å². The van der Waals surface area contributed by atoms with E-state index in [4.69, 9.17) is 16.9 Å². The van der Waals surface area contributed by atoms with Gasteiger partial charge in [0.05, 0.1) is 24.6 Å². The van der Waals surface area contributed by atoms with E-state index in [1.807, 2.05) is 6.07 Å². The van der Waals surface area contributed by atoms with Gasteiger partial charge in [-0.1, -0.05) is 11.6 Å². The first kappa shape index (κ1) is 17.1. The van der Waals surface area contributed by atoms with Crippen LogP contribution in [0.25, 0.3) is 10.9 Å². The Morgan fingerprint density at radius 1 is 1.48 bits per heavy atom. The maximum atomic E-state index is 14.1. The van der Waals surface area contributed by atoms with Gasteiger partial charge in [0.15, 0.2) is 4.47 Å². The highest BCUT2D eigenvalue weighted by molar-refractivity contribution is 7.15. The number of halogens is 2. The molecule has 2 heterocycles. The lowest BCUT2D eigenvalue weighted by Crippen LogP contribution is -2.19. The van der Waals surface area contributed by atoms with Crippen molar-refractivity contribution in [2.24, 2.45) is 0 Å². The summed E-state index contributed by atoms with van der Waals surface area (Å²) in [5.74, 6) is -2.12. The number of aromatic nitrogens is 2. The lowest BCUT2D eigenvalue weighted by atomic mass is 10.1. The second kappa shape index (κ2) is 6.63. The average molecular weight is 378 g/mol. The number of hydrogen-bond donors (Lipinski definition) is 1. The summed E-state index contributed by atoms with van der Waals surface area (Å²) in [5, 5.41) is 18.0. The number of carbonyl (C=O) groups is 1. The van der Waals surface area contributed by atoms with E-state index in [-0.39, 0.29) is 23.9 Å². The van der Waals surface area contributed by atoms with E-state index in [0.717, 1.165) is 10.9 Å². The van der Waals surface area contributed by atoms with Crippen LogP contribution in [-0.4, -0.2) is 20.6 Å². The number of rotatable bonds is 4. The molecule has 0 saturated heterocycles. The van der Waals surface area contributed by atoms with E-state index in [1.54, 1.807) is 0 Å². The van der Waals surface area contributed by atoms with Crippen molar-refractivity contribution in [2.45, 2.75) is 13.0 Å². The molecule has 0 unspecified atom stereocenters. The quantitative estimate of drug-likeness (QED) is 0.753. The molecule has 3 rings (SSSR count). The van der Waals surface area contributed by atoms with Crippen molar-refractivity contribution < 1.29 is 14.3 Å². The van der Waals surface area contributed by atoms with Crippen LogP contribution in [0.5, 0.6) is 0 Å². The molecule has 126 valence electrons. The van der Waals surface area contributed by atoms with Crippen LogP contribution in [0.1, 0.15) is 20.8 Å². The van der Waals surface area contributed by atoms with Crippen molar-refractivity contribution >= 4 is 39.8 Å². The average Bonchev–Trinajstić information content (AvgIpc) is 2.96. The summed E-state index contributed by atoms with van der Waals surface area (Å²) in [6.45, 7) is 0.207. The molecule has 0 bridgehead atoms. The van der Waals surface area contributed by atoms with Gasteiger partial charge in [0.2, 0.25) is 5.43 Å². The van der Waals surface area contributed by atoms with Gasteiger partial charge in [-0.25, -0.2) is 14.2 Å². The van der Waals surface area contributed by atoms with Crippen LogP contribution in [-0.2, 0) is 13.0 Å². The van der Waals surface area contributed by atoms with Crippen molar-refractivity contribution in [3.05, 3.63) is 61.0 Å². The molecule has 0 aliphatic rings. The van der Waals surface area contributed by atoms with Crippen LogP contribution >= 0.6 is 22.9 Å². The Labute approximate surface area is 149 Å². The molecule has 0 aliphatic heterocycles. The fraction of sp³-hybridized carbons (Fsp3) is 0.125. The maximum Gasteiger partial charge on any atom is 0.341 e. The minimum Gasteiger partial charge on any atom is -0.477 e. The number of carboxylic acid groups (broad SMARTS) is 1. The Morgan fingerprint density at radius 2 is 2.24 bits per heavy atom. The smallest absolute Gasteiger partial charge is 0.341 e. The standard InChI is InChI=1S/C16H9ClFN3O3S/c17-16-20-5-9(25-16)6-21-7-11(15(23)24)14(22)10-4-12(18)8(1-2-19)3-13(10)21/h3-5,7H,1,6H2,(H,23,24). The zero-order valence-corrected chi connectivity index (χ0v) is 14.1. The first-order chi connectivity index (χ1) is 11.9. The Balaban J connectivity index is 2.30. The number of thiazole rings is 1. The van der Waals surface area contributed by atoms with E-state index in [0.29, 0.717) is 9.98 Å². The SMILES string of the molecule is N#CCc1cc2c(cc1F)c(=O)c(C(=O)O)cn2Cc1cnc(Cl)s1. The number of pyridine rings is 1. The monoisotopic (exact) mass is 377 g/mol. The molecule has 2 aromatic heterocycles. The fourth-order valence-corrected chi connectivity index (χ4v) is 3.46. The van der Waals surface area contributed by atoms with Crippen LogP contribution in [0.4, 0.5) is 4.39 Å². The van der Waals surface area contributed by atoms with E-state index < -0.39 is 22.8 Å². The van der Waals surface area contributed by atoms with Crippen LogP contribution in [0.2, 0.25) is 4.47 Å². The van der Waals surface area contributed by atoms with Crippen molar-refractivity contribution in [3.63, 3.8) is 0 Å². The van der Waals surface area contributed by atoms with Crippen LogP contribution in [0.15, 0.2) is 29.3 Å². The largest absolute Gasteiger partial charge is 0.477 e. The number of nitriles is 1. The molecule has 0 amide bonds. The molecule has 0 atom stereocenters. The Hall–Kier alpha value is -2.76. The summed E-state index contributed by atoms with van der Waals surface area (Å²) < 4.78 is 16.0. The molecule has 9 heteroatoms. The third kappa shape index (κ3) is 3.24. The lowest BCUT2D eigenvalue weighted by molar-refractivity contribution is 0.0695. The normalized spacial score (nSPS) is 10.8. The van der Waals surface area contributed by atoms with Crippen LogP contribution < -0.4 is 5.43 Å². The number of aromatic carboxylic acids is 1. The number of nitrogens with zero attached hydrogens (tertiary/aromatic N) is 3. The molecule has 0 radical (unpaired) electrons. The summed E-state index contributed by atoms with van der Waals surface area (Å²) in [4.78, 5) is 28.3. The second-order valence-electron chi connectivity index (χ2n) is 5.18. The topological polar surface area (TPSA) is 96.0 Å². The summed E-state index contributed by atoms with van der Waals surface area (Å²) in [5.41, 5.74) is -0.765. The van der Waals surface area contributed by atoms with Gasteiger partial charge in [-0.2, -0.15) is 5.26 Å². The zero-order chi connectivity index (χ0) is 18.1. The van der Waals surface area contributed by atoms with E-state index in [2.05, 4.69) is 4.98 Å². The molecule has 0 spiro atoms. The Bertz CT molecular complexity index is 1100. The van der Waals surface area contributed by atoms with E-state index in [1.165, 1.54) is 34.4 Å². The molecule has 6 nitrogen and oxygen atoms in total. The maximum absolute atomic E-state index is 14.1. The highest BCUT2D eigenvalue weighted by Crippen LogP contribution is 2.23. The molecule has 0 saturated carbocycles. The zero-order valence-electron chi connectivity index (χ0n) is 12.5. The second-order valence-corrected chi connectivity index (χ2v) is 6.88. The number of benzene rings is 1. The van der Waals surface area contributed by atoms with Gasteiger partial charge in [0.25, 0.3) is 0 Å². The minimum absolute atomic E-state index is 0.0605. The van der Waals surface area contributed by atoms with Gasteiger partial charge < -0.3 is 9.67 Å². The molecule has 0 aliphatic carbocycles. The number of carboxylic acids is 1. The Kier molecular flexibility index (Phi) is 4.53. The Morgan fingerprint density at radius 3 is 2.84 bits per heavy atom. The van der Waals surface area contributed by atoms with Crippen LogP contribution in [0.3, 0.4) is 0 Å². The lowest BCUT2D eigenvalue weighted by Gasteiger charge is -2.12. The molecule has 0 fully saturated rings. The van der Waals surface area contributed by atoms with Crippen molar-refractivity contribution in [1.82, 2.24) is 9.55 Å². The van der Waals surface area contributed by atoms with Gasteiger partial charge in [0, 0.05) is 28.2 Å². The predicted molar refractivity (Wildman–Crippen MR) is 90.7 cm³/mol. The summed E-state index contributed by atoms with van der Waals surface area (Å²) >= 11 is 7.02. The summed E-state index contributed by atoms with van der Waals surface area (Å²) in [6.07, 6.45) is 2.58. The van der Waals surface area contributed by atoms with Gasteiger partial charge in [-0.15, -0.1) is 11.3 Å². The number of fused-ring (bicyclic) bond motifs is 1. The van der Waals surface area contributed by atoms with Crippen molar-refractivity contribution in [2.75, 3.05) is 0 Å². The van der Waals surface area contributed by atoms with Gasteiger partial charge in [-0.3, -0.25) is 4.79 Å².